The maximum atomic E-state index is 9.52. The summed E-state index contributed by atoms with van der Waals surface area (Å²) >= 11 is 0. The van der Waals surface area contributed by atoms with Crippen LogP contribution in [0.25, 0.3) is 109 Å². The maximum Gasteiger partial charge on any atom is 0.136 e. The van der Waals surface area contributed by atoms with E-state index in [-0.39, 0.29) is 32.7 Å². The minimum absolute atomic E-state index is 0.0418. The van der Waals surface area contributed by atoms with E-state index in [1.54, 1.807) is 12.1 Å². The van der Waals surface area contributed by atoms with Crippen LogP contribution in [0, 0.1) is 0 Å². The van der Waals surface area contributed by atoms with Crippen molar-refractivity contribution in [1.82, 2.24) is 0 Å². The van der Waals surface area contributed by atoms with Crippen LogP contribution in [-0.4, -0.2) is 0 Å². The Morgan fingerprint density at radius 1 is 0.373 bits per heavy atom. The molecule has 236 valence electrons. The summed E-state index contributed by atoms with van der Waals surface area (Å²) < 4.78 is 142. The first-order chi connectivity index (χ1) is 31.5. The molecule has 10 aromatic carbocycles. The van der Waals surface area contributed by atoms with Crippen molar-refractivity contribution < 1.29 is 25.0 Å². The van der Waals surface area contributed by atoms with Gasteiger partial charge in [-0.05, 0) is 118 Å². The van der Waals surface area contributed by atoms with Gasteiger partial charge in [-0.3, -0.25) is 0 Å². The number of furan rings is 1. The Morgan fingerprint density at radius 2 is 0.980 bits per heavy atom. The van der Waals surface area contributed by atoms with Crippen molar-refractivity contribution in [3.05, 3.63) is 182 Å². The zero-order valence-electron chi connectivity index (χ0n) is 41.6. The highest BCUT2D eigenvalue weighted by molar-refractivity contribution is 6.24. The molecule has 0 aliphatic heterocycles. The van der Waals surface area contributed by atoms with Gasteiger partial charge in [0.05, 0.1) is 20.6 Å². The van der Waals surface area contributed by atoms with Gasteiger partial charge in [0.1, 0.15) is 11.2 Å². The molecule has 0 spiro atoms. The van der Waals surface area contributed by atoms with E-state index in [1.807, 2.05) is 78.9 Å². The smallest absolute Gasteiger partial charge is 0.136 e. The summed E-state index contributed by atoms with van der Waals surface area (Å²) in [6, 6.07) is 19.0. The van der Waals surface area contributed by atoms with Crippen molar-refractivity contribution >= 4 is 75.8 Å². The Labute approximate surface area is 315 Å². The van der Waals surface area contributed by atoms with Crippen molar-refractivity contribution in [3.8, 4) is 33.4 Å². The van der Waals surface area contributed by atoms with Gasteiger partial charge in [-0.25, -0.2) is 0 Å². The Bertz CT molecular complexity index is 3980. The number of fused-ring (bicyclic) bond motifs is 9. The number of hydrogen-bond donors (Lipinski definition) is 0. The Balaban J connectivity index is 1.30. The van der Waals surface area contributed by atoms with Crippen molar-refractivity contribution in [2.24, 2.45) is 0 Å². The van der Waals surface area contributed by atoms with E-state index in [0.717, 1.165) is 38.3 Å². The van der Waals surface area contributed by atoms with Gasteiger partial charge >= 0.3 is 0 Å². The van der Waals surface area contributed by atoms with Crippen LogP contribution in [-0.2, 0) is 0 Å². The molecule has 1 nitrogen and oxygen atoms in total. The lowest BCUT2D eigenvalue weighted by molar-refractivity contribution is 0.669. The lowest BCUT2D eigenvalue weighted by atomic mass is 9.84. The highest BCUT2D eigenvalue weighted by atomic mass is 16.3. The van der Waals surface area contributed by atoms with Crippen LogP contribution < -0.4 is 0 Å². The van der Waals surface area contributed by atoms with Crippen LogP contribution in [0.5, 0.6) is 0 Å². The summed E-state index contributed by atoms with van der Waals surface area (Å²) in [6.45, 7) is 0. The molecule has 11 rings (SSSR count). The number of rotatable bonds is 3. The molecule has 1 aromatic heterocycles. The molecule has 0 atom stereocenters. The second-order valence-electron chi connectivity index (χ2n) is 12.5. The van der Waals surface area contributed by atoms with Gasteiger partial charge in [-0.2, -0.15) is 0 Å². The van der Waals surface area contributed by atoms with Gasteiger partial charge in [-0.15, -0.1) is 0 Å². The first-order valence-electron chi connectivity index (χ1n) is 23.9. The second-order valence-corrected chi connectivity index (χ2v) is 12.5. The SMILES string of the molecule is [2H]c1c([2H])c([2H])c2c([2H])c(-c3c4c([2H])c([2H])c([2H])c([2H])c4c(-c4cccc5ccc(-c6ccc7oc8ccc9ccccc9c8c7c6)cc45)c4c([2H])c([2H])c([2H])c([2H])c34)c([2H])c([2H])c2c1[2H]. The van der Waals surface area contributed by atoms with Crippen LogP contribution in [0.15, 0.2) is 186 Å². The number of benzene rings is 10. The largest absolute Gasteiger partial charge is 0.456 e. The molecule has 11 aromatic rings. The monoisotopic (exact) mass is 661 g/mol. The first-order valence-corrected chi connectivity index (χ1v) is 16.4. The number of hydrogen-bond acceptors (Lipinski definition) is 1. The summed E-state index contributed by atoms with van der Waals surface area (Å²) in [4.78, 5) is 0. The van der Waals surface area contributed by atoms with Gasteiger partial charge in [0.15, 0.2) is 0 Å². The van der Waals surface area contributed by atoms with E-state index in [2.05, 4.69) is 0 Å². The fourth-order valence-electron chi connectivity index (χ4n) is 7.45. The molecule has 0 saturated heterocycles. The molecule has 0 bridgehead atoms. The summed E-state index contributed by atoms with van der Waals surface area (Å²) in [6.07, 6.45) is 0. The van der Waals surface area contributed by atoms with Crippen molar-refractivity contribution in [3.63, 3.8) is 0 Å². The van der Waals surface area contributed by atoms with E-state index in [1.165, 1.54) is 0 Å². The van der Waals surface area contributed by atoms with Crippen LogP contribution in [0.1, 0.15) is 20.6 Å². The molecule has 0 aliphatic carbocycles. The van der Waals surface area contributed by atoms with Crippen LogP contribution in [0.2, 0.25) is 0 Å². The molecular weight excluding hydrogens is 617 g/mol. The van der Waals surface area contributed by atoms with E-state index in [9.17, 15) is 8.22 Å². The van der Waals surface area contributed by atoms with Gasteiger partial charge in [-0.1, -0.05) is 151 Å². The zero-order valence-corrected chi connectivity index (χ0v) is 26.6. The standard InChI is InChI=1S/C50H30O/c1-2-12-34-28-37(23-20-31(34)10-1)48-39-15-5-7-17-41(39)49(42-18-8-6-16-40(42)48)43-19-9-13-33-21-22-35(29-44(33)43)36-25-26-46-45(30-36)50-38-14-4-3-11-32(38)24-27-47(50)51-46/h1-30H/i1D,2D,5D,6D,7D,8D,10D,12D,15D,16D,17D,18D,20D,23D,28D. The lowest BCUT2D eigenvalue weighted by Crippen LogP contribution is -1.92. The summed E-state index contributed by atoms with van der Waals surface area (Å²) in [5, 5.41) is 3.44. The van der Waals surface area contributed by atoms with Crippen molar-refractivity contribution in [2.75, 3.05) is 0 Å². The predicted molar refractivity (Wildman–Crippen MR) is 218 cm³/mol. The molecular formula is C50H30O. The topological polar surface area (TPSA) is 13.1 Å². The van der Waals surface area contributed by atoms with E-state index in [4.69, 9.17) is 16.8 Å². The third kappa shape index (κ3) is 4.28. The third-order valence-electron chi connectivity index (χ3n) is 9.72. The fraction of sp³-hybridized carbons (Fsp3) is 0. The van der Waals surface area contributed by atoms with E-state index >= 15 is 0 Å². The normalized spacial score (nSPS) is 16.0. The first kappa shape index (κ1) is 17.3. The van der Waals surface area contributed by atoms with Crippen molar-refractivity contribution in [2.45, 2.75) is 0 Å². The highest BCUT2D eigenvalue weighted by Gasteiger charge is 2.19. The molecule has 1 heterocycles. The summed E-state index contributed by atoms with van der Waals surface area (Å²) in [5.74, 6) is 0. The van der Waals surface area contributed by atoms with Gasteiger partial charge in [0, 0.05) is 10.8 Å². The van der Waals surface area contributed by atoms with Crippen molar-refractivity contribution in [1.29, 1.82) is 0 Å². The van der Waals surface area contributed by atoms with Gasteiger partial charge < -0.3 is 4.42 Å². The molecule has 51 heavy (non-hydrogen) atoms. The molecule has 0 saturated carbocycles. The maximum absolute atomic E-state index is 9.52. The van der Waals surface area contributed by atoms with Crippen LogP contribution >= 0.6 is 0 Å². The Morgan fingerprint density at radius 3 is 1.78 bits per heavy atom. The lowest BCUT2D eigenvalue weighted by Gasteiger charge is -2.19. The van der Waals surface area contributed by atoms with E-state index < -0.39 is 107 Å². The molecule has 0 fully saturated rings. The van der Waals surface area contributed by atoms with Gasteiger partial charge in [0.2, 0.25) is 0 Å². The molecule has 0 amide bonds. The average molecular weight is 662 g/mol. The molecule has 0 N–H and O–H groups in total. The van der Waals surface area contributed by atoms with E-state index in [0.29, 0.717) is 21.9 Å². The highest BCUT2D eigenvalue weighted by Crippen LogP contribution is 2.46. The zero-order chi connectivity index (χ0) is 46.5. The summed E-state index contributed by atoms with van der Waals surface area (Å²) in [5.41, 5.74) is 2.57. The van der Waals surface area contributed by atoms with Gasteiger partial charge in [0.25, 0.3) is 0 Å². The molecule has 1 heteroatoms. The van der Waals surface area contributed by atoms with Crippen LogP contribution in [0.3, 0.4) is 0 Å². The molecule has 0 radical (unpaired) electrons. The predicted octanol–water partition coefficient (Wildman–Crippen LogP) is 14.4. The summed E-state index contributed by atoms with van der Waals surface area (Å²) in [7, 11) is 0. The minimum Gasteiger partial charge on any atom is -0.456 e. The Hall–Kier alpha value is -6.70. The quantitative estimate of drug-likeness (QED) is 0.172. The third-order valence-corrected chi connectivity index (χ3v) is 9.72. The average Bonchev–Trinajstić information content (AvgIpc) is 3.71. The molecule has 0 unspecified atom stereocenters. The molecule has 0 aliphatic rings. The Kier molecular flexibility index (Phi) is 3.70. The van der Waals surface area contributed by atoms with Crippen LogP contribution in [0.4, 0.5) is 0 Å². The second kappa shape index (κ2) is 10.9. The minimum atomic E-state index is -0.738. The fourth-order valence-corrected chi connectivity index (χ4v) is 7.45.